The van der Waals surface area contributed by atoms with Crippen molar-refractivity contribution in [3.8, 4) is 0 Å². The lowest BCUT2D eigenvalue weighted by atomic mass is 10.2. The van der Waals surface area contributed by atoms with Crippen molar-refractivity contribution < 1.29 is 9.21 Å². The minimum absolute atomic E-state index is 0.0933. The van der Waals surface area contributed by atoms with Gasteiger partial charge in [0.05, 0.1) is 6.54 Å². The van der Waals surface area contributed by atoms with Gasteiger partial charge in [-0.25, -0.2) is 4.79 Å². The largest absolute Gasteiger partial charge is 0.423 e. The molecular formula is C13H10N2O3. The van der Waals surface area contributed by atoms with Crippen LogP contribution in [0.3, 0.4) is 0 Å². The summed E-state index contributed by atoms with van der Waals surface area (Å²) in [6.07, 6.45) is 1.52. The molecule has 5 heteroatoms. The van der Waals surface area contributed by atoms with E-state index >= 15 is 0 Å². The van der Waals surface area contributed by atoms with Crippen LogP contribution in [0.15, 0.2) is 51.3 Å². The van der Waals surface area contributed by atoms with Crippen molar-refractivity contribution in [3.05, 3.63) is 52.5 Å². The number of benzene rings is 1. The van der Waals surface area contributed by atoms with Gasteiger partial charge in [-0.15, -0.1) is 0 Å². The van der Waals surface area contributed by atoms with Gasteiger partial charge in [0.25, 0.3) is 0 Å². The fourth-order valence-corrected chi connectivity index (χ4v) is 1.86. The highest BCUT2D eigenvalue weighted by Gasteiger charge is 2.10. The van der Waals surface area contributed by atoms with Crippen LogP contribution in [0.25, 0.3) is 11.0 Å². The van der Waals surface area contributed by atoms with Crippen LogP contribution in [0, 0.1) is 0 Å². The molecule has 0 saturated heterocycles. The van der Waals surface area contributed by atoms with E-state index in [1.807, 2.05) is 6.07 Å². The number of rotatable bonds is 2. The van der Waals surface area contributed by atoms with Gasteiger partial charge in [-0.2, -0.15) is 0 Å². The molecule has 3 rings (SSSR count). The van der Waals surface area contributed by atoms with Gasteiger partial charge in [0.1, 0.15) is 5.58 Å². The molecule has 0 aliphatic carbocycles. The van der Waals surface area contributed by atoms with Gasteiger partial charge >= 0.3 is 5.63 Å². The second-order valence-corrected chi connectivity index (χ2v) is 4.02. The maximum Gasteiger partial charge on any atom is 0.336 e. The molecule has 1 aliphatic rings. The van der Waals surface area contributed by atoms with Crippen LogP contribution >= 0.6 is 0 Å². The monoisotopic (exact) mass is 242 g/mol. The number of hydrogen-bond donors (Lipinski definition) is 2. The van der Waals surface area contributed by atoms with Crippen LogP contribution in [0.1, 0.15) is 0 Å². The van der Waals surface area contributed by atoms with Crippen LogP contribution in [0.5, 0.6) is 0 Å². The first-order valence-electron chi connectivity index (χ1n) is 5.50. The summed E-state index contributed by atoms with van der Waals surface area (Å²) >= 11 is 0. The molecule has 90 valence electrons. The second kappa shape index (κ2) is 4.03. The zero-order chi connectivity index (χ0) is 12.5. The van der Waals surface area contributed by atoms with E-state index in [4.69, 9.17) is 4.42 Å². The first-order chi connectivity index (χ1) is 8.70. The highest BCUT2D eigenvalue weighted by molar-refractivity contribution is 5.92. The van der Waals surface area contributed by atoms with Gasteiger partial charge < -0.3 is 15.1 Å². The lowest BCUT2D eigenvalue weighted by Crippen LogP contribution is -2.16. The summed E-state index contributed by atoms with van der Waals surface area (Å²) in [5.41, 5.74) is 1.84. The van der Waals surface area contributed by atoms with Gasteiger partial charge in [-0.05, 0) is 24.3 Å². The smallest absolute Gasteiger partial charge is 0.336 e. The summed E-state index contributed by atoms with van der Waals surface area (Å²) in [5, 5.41) is 6.65. The third-order valence-electron chi connectivity index (χ3n) is 2.68. The normalized spacial score (nSPS) is 14.4. The predicted molar refractivity (Wildman–Crippen MR) is 67.2 cm³/mol. The molecule has 1 aliphatic heterocycles. The first-order valence-corrected chi connectivity index (χ1v) is 5.50. The fourth-order valence-electron chi connectivity index (χ4n) is 1.86. The number of hydrogen-bond acceptors (Lipinski definition) is 4. The van der Waals surface area contributed by atoms with Gasteiger partial charge in [-0.1, -0.05) is 0 Å². The third-order valence-corrected chi connectivity index (χ3v) is 2.68. The molecule has 5 nitrogen and oxygen atoms in total. The molecule has 2 N–H and O–H groups in total. The highest BCUT2D eigenvalue weighted by atomic mass is 16.4. The van der Waals surface area contributed by atoms with Gasteiger partial charge in [0, 0.05) is 28.9 Å². The zero-order valence-electron chi connectivity index (χ0n) is 9.40. The lowest BCUT2D eigenvalue weighted by molar-refractivity contribution is -0.115. The number of carbonyl (C=O) groups excluding carboxylic acids is 1. The van der Waals surface area contributed by atoms with Crippen molar-refractivity contribution in [1.29, 1.82) is 0 Å². The molecule has 0 radical (unpaired) electrons. The summed E-state index contributed by atoms with van der Waals surface area (Å²) < 4.78 is 5.04. The third kappa shape index (κ3) is 1.98. The van der Waals surface area contributed by atoms with Crippen LogP contribution in [0.4, 0.5) is 5.69 Å². The van der Waals surface area contributed by atoms with E-state index in [2.05, 4.69) is 10.6 Å². The van der Waals surface area contributed by atoms with E-state index in [9.17, 15) is 9.59 Å². The fraction of sp³-hybridized carbons (Fsp3) is 0.0769. The lowest BCUT2D eigenvalue weighted by Gasteiger charge is -2.06. The van der Waals surface area contributed by atoms with E-state index < -0.39 is 0 Å². The molecule has 1 aromatic heterocycles. The Kier molecular flexibility index (Phi) is 2.37. The molecule has 0 fully saturated rings. The second-order valence-electron chi connectivity index (χ2n) is 4.02. The highest BCUT2D eigenvalue weighted by Crippen LogP contribution is 2.19. The van der Waals surface area contributed by atoms with Gasteiger partial charge in [0.2, 0.25) is 5.91 Å². The summed E-state index contributed by atoms with van der Waals surface area (Å²) in [4.78, 5) is 22.1. The molecule has 1 amide bonds. The van der Waals surface area contributed by atoms with E-state index in [0.717, 1.165) is 16.8 Å². The Morgan fingerprint density at radius 3 is 2.83 bits per heavy atom. The quantitative estimate of drug-likeness (QED) is 0.777. The molecule has 0 saturated carbocycles. The van der Waals surface area contributed by atoms with Crippen LogP contribution in [0.2, 0.25) is 0 Å². The number of amides is 1. The Morgan fingerprint density at radius 2 is 2.06 bits per heavy atom. The van der Waals surface area contributed by atoms with Crippen molar-refractivity contribution in [3.63, 3.8) is 0 Å². The average Bonchev–Trinajstić information content (AvgIpc) is 2.75. The maximum absolute atomic E-state index is 11.0. The van der Waals surface area contributed by atoms with Gasteiger partial charge in [0.15, 0.2) is 0 Å². The number of anilines is 1. The van der Waals surface area contributed by atoms with Crippen LogP contribution < -0.4 is 16.3 Å². The molecule has 18 heavy (non-hydrogen) atoms. The molecule has 2 aromatic rings. The molecule has 1 aromatic carbocycles. The molecule has 0 bridgehead atoms. The number of nitrogens with one attached hydrogen (secondary N) is 2. The SMILES string of the molecule is O=C1C=C(Nc2ccc3oc(=O)ccc3c2)CN1. The summed E-state index contributed by atoms with van der Waals surface area (Å²) in [5.74, 6) is -0.0933. The van der Waals surface area contributed by atoms with Crippen LogP contribution in [-0.4, -0.2) is 12.5 Å². The van der Waals surface area contributed by atoms with Crippen molar-refractivity contribution in [2.75, 3.05) is 11.9 Å². The molecule has 0 atom stereocenters. The zero-order valence-corrected chi connectivity index (χ0v) is 9.40. The predicted octanol–water partition coefficient (Wildman–Crippen LogP) is 1.22. The molecular weight excluding hydrogens is 232 g/mol. The number of fused-ring (bicyclic) bond motifs is 1. The van der Waals surface area contributed by atoms with Gasteiger partial charge in [-0.3, -0.25) is 4.79 Å². The Labute approximate surface area is 102 Å². The molecule has 0 unspecified atom stereocenters. The Hall–Kier alpha value is -2.56. The van der Waals surface area contributed by atoms with E-state index in [0.29, 0.717) is 12.1 Å². The minimum atomic E-state index is -0.364. The minimum Gasteiger partial charge on any atom is -0.423 e. The molecule has 2 heterocycles. The topological polar surface area (TPSA) is 71.3 Å². The molecule has 0 spiro atoms. The Morgan fingerprint density at radius 1 is 1.17 bits per heavy atom. The average molecular weight is 242 g/mol. The van der Waals surface area contributed by atoms with Crippen molar-refractivity contribution in [2.24, 2.45) is 0 Å². The summed E-state index contributed by atoms with van der Waals surface area (Å²) in [6.45, 7) is 0.501. The summed E-state index contributed by atoms with van der Waals surface area (Å²) in [6, 6.07) is 8.48. The van der Waals surface area contributed by atoms with E-state index in [1.54, 1.807) is 18.2 Å². The number of carbonyl (C=O) groups is 1. The van der Waals surface area contributed by atoms with Crippen molar-refractivity contribution in [1.82, 2.24) is 5.32 Å². The Balaban J connectivity index is 1.94. The summed E-state index contributed by atoms with van der Waals surface area (Å²) in [7, 11) is 0. The van der Waals surface area contributed by atoms with E-state index in [1.165, 1.54) is 12.1 Å². The van der Waals surface area contributed by atoms with Crippen molar-refractivity contribution >= 4 is 22.6 Å². The van der Waals surface area contributed by atoms with E-state index in [-0.39, 0.29) is 11.5 Å². The standard InChI is InChI=1S/C13H10N2O3/c16-12-6-10(7-14-12)15-9-2-3-11-8(5-9)1-4-13(17)18-11/h1-6,15H,7H2,(H,14,16). The van der Waals surface area contributed by atoms with Crippen molar-refractivity contribution in [2.45, 2.75) is 0 Å². The van der Waals surface area contributed by atoms with Crippen LogP contribution in [-0.2, 0) is 4.79 Å². The maximum atomic E-state index is 11.0. The first kappa shape index (κ1) is 10.6. The Bertz CT molecular complexity index is 715.